The Hall–Kier alpha value is -2.60. The number of imidazole rings is 1. The van der Waals surface area contributed by atoms with Gasteiger partial charge in [-0.1, -0.05) is 12.1 Å². The van der Waals surface area contributed by atoms with Crippen molar-refractivity contribution in [2.45, 2.75) is 13.1 Å². The Morgan fingerprint density at radius 2 is 2.05 bits per heavy atom. The van der Waals surface area contributed by atoms with E-state index in [2.05, 4.69) is 25.0 Å². The fraction of sp³-hybridized carbons (Fsp3) is 0.200. The predicted molar refractivity (Wildman–Crippen MR) is 78.8 cm³/mol. The fourth-order valence-corrected chi connectivity index (χ4v) is 2.18. The molecule has 0 fully saturated rings. The monoisotopic (exact) mass is 284 g/mol. The molecule has 2 heterocycles. The molecule has 21 heavy (non-hydrogen) atoms. The van der Waals surface area contributed by atoms with Crippen LogP contribution in [0.4, 0.5) is 0 Å². The highest BCUT2D eigenvalue weighted by atomic mass is 16.5. The van der Waals surface area contributed by atoms with Crippen molar-refractivity contribution in [3.05, 3.63) is 53.6 Å². The first-order chi connectivity index (χ1) is 10.3. The number of carbonyl (C=O) groups is 1. The second kappa shape index (κ2) is 5.80. The van der Waals surface area contributed by atoms with Crippen LogP contribution in [-0.4, -0.2) is 28.0 Å². The molecule has 0 bridgehead atoms. The third kappa shape index (κ3) is 2.95. The molecule has 6 nitrogen and oxygen atoms in total. The van der Waals surface area contributed by atoms with Gasteiger partial charge in [0.15, 0.2) is 0 Å². The van der Waals surface area contributed by atoms with Gasteiger partial charge in [-0.3, -0.25) is 0 Å². The third-order valence-corrected chi connectivity index (χ3v) is 3.20. The van der Waals surface area contributed by atoms with E-state index >= 15 is 0 Å². The smallest absolute Gasteiger partial charge is 0.354 e. The van der Waals surface area contributed by atoms with E-state index in [0.29, 0.717) is 18.8 Å². The first-order valence-corrected chi connectivity index (χ1v) is 6.67. The predicted octanol–water partition coefficient (Wildman–Crippen LogP) is 1.97. The van der Waals surface area contributed by atoms with Gasteiger partial charge in [0.1, 0.15) is 11.5 Å². The molecule has 0 saturated carbocycles. The van der Waals surface area contributed by atoms with Gasteiger partial charge >= 0.3 is 5.97 Å². The number of fused-ring (bicyclic) bond motifs is 1. The van der Waals surface area contributed by atoms with Crippen LogP contribution in [0.15, 0.2) is 36.4 Å². The standard InChI is InChI=1S/C15H16N4O2/c1-21-15(20)13-7-6-10(17-13)8-16-9-14-18-11-4-2-3-5-12(11)19-14/h2-7,16-17H,8-9H2,1H3,(H,18,19). The summed E-state index contributed by atoms with van der Waals surface area (Å²) in [6.07, 6.45) is 0. The van der Waals surface area contributed by atoms with Crippen LogP contribution >= 0.6 is 0 Å². The lowest BCUT2D eigenvalue weighted by Crippen LogP contribution is -2.14. The minimum absolute atomic E-state index is 0.362. The first kappa shape index (κ1) is 13.4. The summed E-state index contributed by atoms with van der Waals surface area (Å²) in [5.74, 6) is 0.523. The van der Waals surface area contributed by atoms with Gasteiger partial charge in [-0.25, -0.2) is 9.78 Å². The van der Waals surface area contributed by atoms with Crippen LogP contribution in [-0.2, 0) is 17.8 Å². The van der Waals surface area contributed by atoms with Crippen molar-refractivity contribution in [3.63, 3.8) is 0 Å². The normalized spacial score (nSPS) is 10.9. The number of esters is 1. The highest BCUT2D eigenvalue weighted by Crippen LogP contribution is 2.10. The number of hydrogen-bond donors (Lipinski definition) is 3. The number of H-pyrrole nitrogens is 2. The van der Waals surface area contributed by atoms with E-state index in [-0.39, 0.29) is 5.97 Å². The minimum atomic E-state index is -0.362. The van der Waals surface area contributed by atoms with Gasteiger partial charge in [-0.05, 0) is 24.3 Å². The van der Waals surface area contributed by atoms with E-state index in [0.717, 1.165) is 22.6 Å². The number of aromatic nitrogens is 3. The average Bonchev–Trinajstić information content (AvgIpc) is 3.12. The zero-order valence-corrected chi connectivity index (χ0v) is 11.6. The number of carbonyl (C=O) groups excluding carboxylic acids is 1. The molecule has 0 saturated heterocycles. The summed E-state index contributed by atoms with van der Waals surface area (Å²) in [4.78, 5) is 22.1. The summed E-state index contributed by atoms with van der Waals surface area (Å²) in [7, 11) is 1.36. The van der Waals surface area contributed by atoms with Crippen LogP contribution in [0, 0.1) is 0 Å². The Bertz CT molecular complexity index is 727. The van der Waals surface area contributed by atoms with Crippen molar-refractivity contribution in [1.82, 2.24) is 20.3 Å². The molecule has 0 atom stereocenters. The maximum Gasteiger partial charge on any atom is 0.354 e. The van der Waals surface area contributed by atoms with Crippen LogP contribution in [0.1, 0.15) is 22.0 Å². The molecule has 3 N–H and O–H groups in total. The molecule has 0 unspecified atom stereocenters. The molecule has 0 aliphatic heterocycles. The van der Waals surface area contributed by atoms with Crippen molar-refractivity contribution < 1.29 is 9.53 Å². The Balaban J connectivity index is 1.58. The van der Waals surface area contributed by atoms with Crippen LogP contribution < -0.4 is 5.32 Å². The number of para-hydroxylation sites is 2. The van der Waals surface area contributed by atoms with E-state index < -0.39 is 0 Å². The van der Waals surface area contributed by atoms with Crippen molar-refractivity contribution in [1.29, 1.82) is 0 Å². The lowest BCUT2D eigenvalue weighted by molar-refractivity contribution is 0.0594. The highest BCUT2D eigenvalue weighted by Gasteiger charge is 2.07. The Morgan fingerprint density at radius 3 is 2.86 bits per heavy atom. The summed E-state index contributed by atoms with van der Waals surface area (Å²) in [5, 5.41) is 3.27. The molecule has 2 aromatic heterocycles. The zero-order chi connectivity index (χ0) is 14.7. The number of ether oxygens (including phenoxy) is 1. The number of methoxy groups -OCH3 is 1. The van der Waals surface area contributed by atoms with E-state index in [1.807, 2.05) is 30.3 Å². The molecule has 3 rings (SSSR count). The molecule has 0 radical (unpaired) electrons. The molecule has 0 spiro atoms. The van der Waals surface area contributed by atoms with Gasteiger partial charge in [0.2, 0.25) is 0 Å². The van der Waals surface area contributed by atoms with Gasteiger partial charge in [-0.2, -0.15) is 0 Å². The number of aromatic amines is 2. The fourth-order valence-electron chi connectivity index (χ4n) is 2.18. The van der Waals surface area contributed by atoms with Crippen molar-refractivity contribution in [2.75, 3.05) is 7.11 Å². The quantitative estimate of drug-likeness (QED) is 0.625. The summed E-state index contributed by atoms with van der Waals surface area (Å²) in [6.45, 7) is 1.25. The Kier molecular flexibility index (Phi) is 3.70. The van der Waals surface area contributed by atoms with Gasteiger partial charge < -0.3 is 20.0 Å². The molecule has 3 aromatic rings. The lowest BCUT2D eigenvalue weighted by atomic mass is 10.3. The molecule has 0 aliphatic rings. The van der Waals surface area contributed by atoms with E-state index in [1.54, 1.807) is 6.07 Å². The maximum atomic E-state index is 11.3. The van der Waals surface area contributed by atoms with Crippen LogP contribution in [0.3, 0.4) is 0 Å². The van der Waals surface area contributed by atoms with Gasteiger partial charge in [0.25, 0.3) is 0 Å². The van der Waals surface area contributed by atoms with Gasteiger partial charge in [-0.15, -0.1) is 0 Å². The second-order valence-corrected chi connectivity index (χ2v) is 4.69. The lowest BCUT2D eigenvalue weighted by Gasteiger charge is -2.00. The first-order valence-electron chi connectivity index (χ1n) is 6.67. The van der Waals surface area contributed by atoms with Gasteiger partial charge in [0, 0.05) is 12.2 Å². The maximum absolute atomic E-state index is 11.3. The number of benzene rings is 1. The molecule has 1 aromatic carbocycles. The summed E-state index contributed by atoms with van der Waals surface area (Å²) < 4.78 is 4.65. The largest absolute Gasteiger partial charge is 0.464 e. The van der Waals surface area contributed by atoms with Crippen LogP contribution in [0.25, 0.3) is 11.0 Å². The van der Waals surface area contributed by atoms with Crippen LogP contribution in [0.5, 0.6) is 0 Å². The number of nitrogens with zero attached hydrogens (tertiary/aromatic N) is 1. The Labute approximate surface area is 121 Å². The minimum Gasteiger partial charge on any atom is -0.464 e. The van der Waals surface area contributed by atoms with Gasteiger partial charge in [0.05, 0.1) is 24.7 Å². The van der Waals surface area contributed by atoms with E-state index in [9.17, 15) is 4.79 Å². The average molecular weight is 284 g/mol. The second-order valence-electron chi connectivity index (χ2n) is 4.69. The third-order valence-electron chi connectivity index (χ3n) is 3.20. The molecular formula is C15H16N4O2. The highest BCUT2D eigenvalue weighted by molar-refractivity contribution is 5.87. The Morgan fingerprint density at radius 1 is 1.19 bits per heavy atom. The van der Waals surface area contributed by atoms with Crippen molar-refractivity contribution in [2.24, 2.45) is 0 Å². The number of hydrogen-bond acceptors (Lipinski definition) is 4. The molecule has 6 heteroatoms. The SMILES string of the molecule is COC(=O)c1ccc(CNCc2nc3ccccc3[nH]2)[nH]1. The number of rotatable bonds is 5. The number of nitrogens with one attached hydrogen (secondary N) is 3. The van der Waals surface area contributed by atoms with Crippen LogP contribution in [0.2, 0.25) is 0 Å². The zero-order valence-electron chi connectivity index (χ0n) is 11.6. The summed E-state index contributed by atoms with van der Waals surface area (Å²) in [5.41, 5.74) is 3.37. The summed E-state index contributed by atoms with van der Waals surface area (Å²) >= 11 is 0. The van der Waals surface area contributed by atoms with E-state index in [1.165, 1.54) is 7.11 Å². The van der Waals surface area contributed by atoms with Crippen molar-refractivity contribution in [3.8, 4) is 0 Å². The molecule has 0 amide bonds. The summed E-state index contributed by atoms with van der Waals surface area (Å²) in [6, 6.07) is 11.5. The van der Waals surface area contributed by atoms with E-state index in [4.69, 9.17) is 0 Å². The topological polar surface area (TPSA) is 82.8 Å². The molecule has 108 valence electrons. The molecule has 0 aliphatic carbocycles. The van der Waals surface area contributed by atoms with Crippen molar-refractivity contribution >= 4 is 17.0 Å². The molecular weight excluding hydrogens is 268 g/mol.